The molecule has 0 radical (unpaired) electrons. The van der Waals surface area contributed by atoms with Gasteiger partial charge in [-0.1, -0.05) is 44.2 Å². The Bertz CT molecular complexity index is 1310. The summed E-state index contributed by atoms with van der Waals surface area (Å²) in [6.45, 7) is 4.54. The van der Waals surface area contributed by atoms with Crippen LogP contribution in [0.15, 0.2) is 42.5 Å². The average Bonchev–Trinajstić information content (AvgIpc) is 2.70. The van der Waals surface area contributed by atoms with Crippen molar-refractivity contribution in [2.75, 3.05) is 5.32 Å². The number of nitriles is 1. The molecule has 33 heavy (non-hydrogen) atoms. The SMILES string of the molecule is Cc1cc2c(c(O)c1C#N)C(C)(C)CC(O)(C(F)(F)F)C2Nc1cccc2c(O)cccc12. The predicted octanol–water partition coefficient (Wildman–Crippen LogP) is 5.56. The quantitative estimate of drug-likeness (QED) is 0.405. The van der Waals surface area contributed by atoms with Gasteiger partial charge in [0.05, 0.1) is 11.6 Å². The lowest BCUT2D eigenvalue weighted by molar-refractivity contribution is -0.275. The van der Waals surface area contributed by atoms with Crippen LogP contribution in [0.3, 0.4) is 0 Å². The molecule has 0 aromatic heterocycles. The minimum Gasteiger partial charge on any atom is -0.507 e. The van der Waals surface area contributed by atoms with Crippen LogP contribution in [0.25, 0.3) is 10.8 Å². The topological polar surface area (TPSA) is 96.5 Å². The van der Waals surface area contributed by atoms with E-state index in [9.17, 15) is 33.8 Å². The van der Waals surface area contributed by atoms with Gasteiger partial charge in [-0.2, -0.15) is 18.4 Å². The summed E-state index contributed by atoms with van der Waals surface area (Å²) in [7, 11) is 0. The van der Waals surface area contributed by atoms with Crippen LogP contribution in [0.2, 0.25) is 0 Å². The van der Waals surface area contributed by atoms with Crippen LogP contribution in [-0.4, -0.2) is 27.1 Å². The number of rotatable bonds is 2. The molecule has 5 nitrogen and oxygen atoms in total. The molecule has 172 valence electrons. The number of fused-ring (bicyclic) bond motifs is 2. The van der Waals surface area contributed by atoms with E-state index in [1.807, 2.05) is 6.07 Å². The van der Waals surface area contributed by atoms with Gasteiger partial charge in [0.2, 0.25) is 0 Å². The normalized spacial score (nSPS) is 21.9. The smallest absolute Gasteiger partial charge is 0.419 e. The summed E-state index contributed by atoms with van der Waals surface area (Å²) in [6.07, 6.45) is -5.73. The van der Waals surface area contributed by atoms with Crippen molar-refractivity contribution < 1.29 is 28.5 Å². The van der Waals surface area contributed by atoms with E-state index < -0.39 is 29.7 Å². The maximum absolute atomic E-state index is 14.4. The lowest BCUT2D eigenvalue weighted by Gasteiger charge is -2.49. The zero-order valence-electron chi connectivity index (χ0n) is 18.2. The van der Waals surface area contributed by atoms with Gasteiger partial charge in [0.1, 0.15) is 17.6 Å². The van der Waals surface area contributed by atoms with Crippen LogP contribution in [0.5, 0.6) is 11.5 Å². The molecule has 1 aliphatic carbocycles. The number of halogens is 3. The van der Waals surface area contributed by atoms with Crippen molar-refractivity contribution in [1.82, 2.24) is 0 Å². The van der Waals surface area contributed by atoms with Crippen molar-refractivity contribution in [3.63, 3.8) is 0 Å². The number of benzene rings is 3. The monoisotopic (exact) mass is 456 g/mol. The molecule has 8 heteroatoms. The fourth-order valence-electron chi connectivity index (χ4n) is 5.06. The predicted molar refractivity (Wildman–Crippen MR) is 118 cm³/mol. The first-order valence-electron chi connectivity index (χ1n) is 10.3. The summed E-state index contributed by atoms with van der Waals surface area (Å²) in [4.78, 5) is 0. The summed E-state index contributed by atoms with van der Waals surface area (Å²) in [5.74, 6) is -0.399. The number of hydrogen-bond donors (Lipinski definition) is 4. The fourth-order valence-corrected chi connectivity index (χ4v) is 5.06. The molecule has 0 spiro atoms. The third-order valence-corrected chi connectivity index (χ3v) is 6.51. The van der Waals surface area contributed by atoms with E-state index in [1.54, 1.807) is 30.3 Å². The lowest BCUT2D eigenvalue weighted by Crippen LogP contribution is -2.58. The number of aromatic hydroxyl groups is 2. The number of nitrogens with one attached hydrogen (secondary N) is 1. The molecule has 2 unspecified atom stereocenters. The third kappa shape index (κ3) is 3.35. The van der Waals surface area contributed by atoms with Crippen molar-refractivity contribution in [3.05, 3.63) is 64.7 Å². The molecule has 1 aliphatic rings. The Hall–Kier alpha value is -3.44. The average molecular weight is 456 g/mol. The largest absolute Gasteiger partial charge is 0.507 e. The molecule has 0 amide bonds. The number of aliphatic hydroxyl groups is 1. The molecule has 3 aromatic carbocycles. The Balaban J connectivity index is 2.02. The highest BCUT2D eigenvalue weighted by Gasteiger charge is 2.64. The molecule has 4 N–H and O–H groups in total. The number of aryl methyl sites for hydroxylation is 1. The van der Waals surface area contributed by atoms with Crippen LogP contribution >= 0.6 is 0 Å². The van der Waals surface area contributed by atoms with Gasteiger partial charge in [-0.3, -0.25) is 0 Å². The number of hydrogen-bond acceptors (Lipinski definition) is 5. The highest BCUT2D eigenvalue weighted by atomic mass is 19.4. The second-order valence-corrected chi connectivity index (χ2v) is 9.23. The van der Waals surface area contributed by atoms with Crippen molar-refractivity contribution in [2.24, 2.45) is 0 Å². The first kappa shape index (κ1) is 22.7. The first-order valence-corrected chi connectivity index (χ1v) is 10.3. The fraction of sp³-hybridized carbons (Fsp3) is 0.320. The maximum atomic E-state index is 14.4. The van der Waals surface area contributed by atoms with Crippen molar-refractivity contribution in [1.29, 1.82) is 5.26 Å². The lowest BCUT2D eigenvalue weighted by atomic mass is 9.62. The molecule has 3 aromatic rings. The van der Waals surface area contributed by atoms with E-state index in [4.69, 9.17) is 0 Å². The van der Waals surface area contributed by atoms with Crippen LogP contribution in [0, 0.1) is 18.3 Å². The van der Waals surface area contributed by atoms with E-state index >= 15 is 0 Å². The van der Waals surface area contributed by atoms with Gasteiger partial charge >= 0.3 is 6.18 Å². The van der Waals surface area contributed by atoms with Gasteiger partial charge < -0.3 is 20.6 Å². The molecule has 2 atom stereocenters. The van der Waals surface area contributed by atoms with E-state index in [0.717, 1.165) is 0 Å². The van der Waals surface area contributed by atoms with E-state index in [2.05, 4.69) is 5.32 Å². The summed E-state index contributed by atoms with van der Waals surface area (Å²) >= 11 is 0. The molecule has 0 saturated heterocycles. The molecule has 0 saturated carbocycles. The zero-order chi connectivity index (χ0) is 24.3. The van der Waals surface area contributed by atoms with E-state index in [-0.39, 0.29) is 33.9 Å². The Morgan fingerprint density at radius 2 is 1.73 bits per heavy atom. The number of phenolic OH excluding ortho intramolecular Hbond substituents is 2. The minimum absolute atomic E-state index is 0.00638. The number of anilines is 1. The van der Waals surface area contributed by atoms with Crippen molar-refractivity contribution in [3.8, 4) is 17.6 Å². The minimum atomic E-state index is -5.00. The van der Waals surface area contributed by atoms with Crippen LogP contribution < -0.4 is 5.32 Å². The highest BCUT2D eigenvalue weighted by molar-refractivity contribution is 5.97. The first-order chi connectivity index (χ1) is 15.3. The Morgan fingerprint density at radius 3 is 2.36 bits per heavy atom. The Morgan fingerprint density at radius 1 is 1.09 bits per heavy atom. The second kappa shape index (κ2) is 7.29. The van der Waals surface area contributed by atoms with Crippen LogP contribution in [-0.2, 0) is 5.41 Å². The third-order valence-electron chi connectivity index (χ3n) is 6.51. The summed E-state index contributed by atoms with van der Waals surface area (Å²) in [5, 5.41) is 45.4. The molecule has 0 aliphatic heterocycles. The molecular weight excluding hydrogens is 433 g/mol. The zero-order valence-corrected chi connectivity index (χ0v) is 18.2. The summed E-state index contributed by atoms with van der Waals surface area (Å²) in [5.41, 5.74) is -3.61. The molecular formula is C25H23F3N2O3. The molecule has 4 rings (SSSR count). The van der Waals surface area contributed by atoms with E-state index in [1.165, 1.54) is 32.9 Å². The number of phenols is 2. The van der Waals surface area contributed by atoms with Gasteiger partial charge in [0.15, 0.2) is 5.60 Å². The van der Waals surface area contributed by atoms with Crippen LogP contribution in [0.4, 0.5) is 18.9 Å². The van der Waals surface area contributed by atoms with Gasteiger partial charge in [-0.15, -0.1) is 0 Å². The molecule has 0 bridgehead atoms. The standard InChI is InChI=1S/C25H23F3N2O3/c1-13-10-16-20(21(32)17(13)11-29)23(2,3)12-24(33,25(26,27)28)22(16)30-18-8-4-7-15-14(18)6-5-9-19(15)31/h4-10,22,30-33H,12H2,1-3H3. The van der Waals surface area contributed by atoms with Gasteiger partial charge in [-0.25, -0.2) is 0 Å². The molecule has 0 heterocycles. The second-order valence-electron chi connectivity index (χ2n) is 9.23. The number of nitrogens with zero attached hydrogens (tertiary/aromatic N) is 1. The highest BCUT2D eigenvalue weighted by Crippen LogP contribution is 2.57. The van der Waals surface area contributed by atoms with E-state index in [0.29, 0.717) is 16.3 Å². The Kier molecular flexibility index (Phi) is 5.02. The van der Waals surface area contributed by atoms with Gasteiger partial charge in [-0.05, 0) is 42.0 Å². The van der Waals surface area contributed by atoms with Crippen LogP contribution in [0.1, 0.15) is 48.6 Å². The van der Waals surface area contributed by atoms with Crippen molar-refractivity contribution >= 4 is 16.5 Å². The van der Waals surface area contributed by atoms with Crippen molar-refractivity contribution in [2.45, 2.75) is 50.4 Å². The Labute approximate surface area is 188 Å². The van der Waals surface area contributed by atoms with Gasteiger partial charge in [0, 0.05) is 22.0 Å². The summed E-state index contributed by atoms with van der Waals surface area (Å²) < 4.78 is 43.2. The number of alkyl halides is 3. The maximum Gasteiger partial charge on any atom is 0.419 e. The molecule has 0 fully saturated rings. The summed E-state index contributed by atoms with van der Waals surface area (Å²) in [6, 6.07) is 11.2. The van der Waals surface area contributed by atoms with Gasteiger partial charge in [0.25, 0.3) is 0 Å².